The summed E-state index contributed by atoms with van der Waals surface area (Å²) >= 11 is 0. The molecule has 0 bridgehead atoms. The van der Waals surface area contributed by atoms with Crippen molar-refractivity contribution in [3.63, 3.8) is 0 Å². The maximum Gasteiger partial charge on any atom is 0.240 e. The van der Waals surface area contributed by atoms with Crippen LogP contribution in [0.3, 0.4) is 0 Å². The maximum absolute atomic E-state index is 10.9. The van der Waals surface area contributed by atoms with Crippen LogP contribution in [0.15, 0.2) is 0 Å². The number of likely N-dealkylation sites (tertiary alicyclic amines) is 1. The number of amides is 2. The van der Waals surface area contributed by atoms with Gasteiger partial charge in [-0.1, -0.05) is 0 Å². The van der Waals surface area contributed by atoms with Gasteiger partial charge in [-0.3, -0.25) is 9.59 Å². The van der Waals surface area contributed by atoms with Crippen LogP contribution in [-0.2, 0) is 9.59 Å². The molecule has 61 valence electrons. The highest BCUT2D eigenvalue weighted by Gasteiger charge is 2.30. The largest absolute Gasteiger partial charge is 0.368 e. The number of primary amides is 1. The second-order valence-corrected chi connectivity index (χ2v) is 2.61. The molecule has 11 heavy (non-hydrogen) atoms. The van der Waals surface area contributed by atoms with Crippen molar-refractivity contribution in [3.05, 3.63) is 6.42 Å². The minimum atomic E-state index is -0.422. The molecule has 1 unspecified atom stereocenters. The van der Waals surface area contributed by atoms with Crippen molar-refractivity contribution in [1.82, 2.24) is 4.90 Å². The van der Waals surface area contributed by atoms with Gasteiger partial charge >= 0.3 is 0 Å². The molecule has 1 aliphatic rings. The number of hydrogen-bond donors (Lipinski definition) is 1. The monoisotopic (exact) mass is 155 g/mol. The second kappa shape index (κ2) is 2.90. The van der Waals surface area contributed by atoms with Gasteiger partial charge in [0.05, 0.1) is 0 Å². The predicted octanol–water partition coefficient (Wildman–Crippen LogP) is -0.703. The highest BCUT2D eigenvalue weighted by molar-refractivity contribution is 5.86. The third-order valence-corrected chi connectivity index (χ3v) is 1.82. The van der Waals surface area contributed by atoms with E-state index in [0.29, 0.717) is 13.0 Å². The first-order valence-corrected chi connectivity index (χ1v) is 3.51. The molecule has 4 nitrogen and oxygen atoms in total. The highest BCUT2D eigenvalue weighted by Crippen LogP contribution is 2.15. The van der Waals surface area contributed by atoms with Crippen molar-refractivity contribution in [2.75, 3.05) is 6.54 Å². The molecule has 1 rings (SSSR count). The summed E-state index contributed by atoms with van der Waals surface area (Å²) in [5.41, 5.74) is 5.07. The van der Waals surface area contributed by atoms with E-state index in [2.05, 4.69) is 0 Å². The molecular weight excluding hydrogens is 144 g/mol. The molecule has 1 fully saturated rings. The molecule has 4 heteroatoms. The van der Waals surface area contributed by atoms with E-state index in [-0.39, 0.29) is 5.91 Å². The molecule has 1 radical (unpaired) electrons. The molecule has 0 aromatic heterocycles. The Hall–Kier alpha value is -1.06. The van der Waals surface area contributed by atoms with Crippen molar-refractivity contribution in [2.24, 2.45) is 5.73 Å². The Morgan fingerprint density at radius 2 is 2.27 bits per heavy atom. The molecular formula is C7H11N2O2. The van der Waals surface area contributed by atoms with Crippen molar-refractivity contribution in [1.29, 1.82) is 0 Å². The first-order chi connectivity index (χ1) is 5.13. The Kier molecular flexibility index (Phi) is 2.12. The third-order valence-electron chi connectivity index (χ3n) is 1.82. The lowest BCUT2D eigenvalue weighted by Gasteiger charge is -2.19. The van der Waals surface area contributed by atoms with Gasteiger partial charge in [0.15, 0.2) is 0 Å². The number of nitrogens with two attached hydrogens (primary N) is 1. The molecule has 1 saturated heterocycles. The topological polar surface area (TPSA) is 63.4 Å². The lowest BCUT2D eigenvalue weighted by molar-refractivity contribution is -0.135. The Morgan fingerprint density at radius 1 is 1.64 bits per heavy atom. The molecule has 0 spiro atoms. The molecule has 0 saturated carbocycles. The molecule has 1 atom stereocenters. The van der Waals surface area contributed by atoms with E-state index >= 15 is 0 Å². The first-order valence-electron chi connectivity index (χ1n) is 3.51. The van der Waals surface area contributed by atoms with E-state index in [1.807, 2.05) is 6.42 Å². The van der Waals surface area contributed by atoms with Crippen LogP contribution in [0.4, 0.5) is 0 Å². The standard InChI is InChI=1S/C7H11N2O2/c1-5(10)9-4-2-3-6(9)7(8)11/h2,6H,3-4H2,1H3,(H2,8,11). The zero-order valence-electron chi connectivity index (χ0n) is 6.41. The summed E-state index contributed by atoms with van der Waals surface area (Å²) in [7, 11) is 0. The van der Waals surface area contributed by atoms with Crippen LogP contribution >= 0.6 is 0 Å². The Labute approximate surface area is 65.3 Å². The fourth-order valence-electron chi connectivity index (χ4n) is 1.24. The smallest absolute Gasteiger partial charge is 0.240 e. The molecule has 0 aliphatic carbocycles. The van der Waals surface area contributed by atoms with Gasteiger partial charge in [-0.25, -0.2) is 0 Å². The van der Waals surface area contributed by atoms with E-state index in [9.17, 15) is 9.59 Å². The van der Waals surface area contributed by atoms with Gasteiger partial charge in [-0.2, -0.15) is 0 Å². The zero-order valence-corrected chi connectivity index (χ0v) is 6.41. The van der Waals surface area contributed by atoms with Crippen molar-refractivity contribution < 1.29 is 9.59 Å². The van der Waals surface area contributed by atoms with Crippen LogP contribution in [-0.4, -0.2) is 29.3 Å². The van der Waals surface area contributed by atoms with Crippen LogP contribution in [0, 0.1) is 6.42 Å². The minimum Gasteiger partial charge on any atom is -0.368 e. The molecule has 1 aliphatic heterocycles. The fraction of sp³-hybridized carbons (Fsp3) is 0.571. The Bertz CT molecular complexity index is 171. The van der Waals surface area contributed by atoms with Gasteiger partial charge in [0, 0.05) is 13.5 Å². The highest BCUT2D eigenvalue weighted by atomic mass is 16.2. The molecule has 2 amide bonds. The van der Waals surface area contributed by atoms with Gasteiger partial charge in [-0.05, 0) is 12.8 Å². The summed E-state index contributed by atoms with van der Waals surface area (Å²) in [5, 5.41) is 0. The molecule has 0 aromatic rings. The molecule has 1 heterocycles. The number of rotatable bonds is 1. The summed E-state index contributed by atoms with van der Waals surface area (Å²) in [6.07, 6.45) is 2.48. The second-order valence-electron chi connectivity index (χ2n) is 2.61. The van der Waals surface area contributed by atoms with Crippen LogP contribution in [0.25, 0.3) is 0 Å². The zero-order chi connectivity index (χ0) is 8.43. The van der Waals surface area contributed by atoms with Gasteiger partial charge in [-0.15, -0.1) is 0 Å². The van der Waals surface area contributed by atoms with Gasteiger partial charge in [0.25, 0.3) is 0 Å². The summed E-state index contributed by atoms with van der Waals surface area (Å²) in [6, 6.07) is -0.410. The number of hydrogen-bond acceptors (Lipinski definition) is 2. The SMILES string of the molecule is CC(=O)N1C[CH]CC1C(N)=O. The fourth-order valence-corrected chi connectivity index (χ4v) is 1.24. The van der Waals surface area contributed by atoms with Crippen molar-refractivity contribution in [3.8, 4) is 0 Å². The van der Waals surface area contributed by atoms with Crippen LogP contribution in [0.5, 0.6) is 0 Å². The molecule has 2 N–H and O–H groups in total. The average Bonchev–Trinajstić information content (AvgIpc) is 2.32. The van der Waals surface area contributed by atoms with E-state index in [0.717, 1.165) is 0 Å². The quantitative estimate of drug-likeness (QED) is 0.544. The lowest BCUT2D eigenvalue weighted by Crippen LogP contribution is -2.42. The van der Waals surface area contributed by atoms with E-state index in [1.165, 1.54) is 11.8 Å². The van der Waals surface area contributed by atoms with E-state index in [1.54, 1.807) is 0 Å². The van der Waals surface area contributed by atoms with Crippen LogP contribution < -0.4 is 5.73 Å². The van der Waals surface area contributed by atoms with Gasteiger partial charge in [0.1, 0.15) is 6.04 Å². The summed E-state index contributed by atoms with van der Waals surface area (Å²) in [6.45, 7) is 1.98. The first kappa shape index (κ1) is 8.04. The van der Waals surface area contributed by atoms with Crippen molar-refractivity contribution in [2.45, 2.75) is 19.4 Å². The van der Waals surface area contributed by atoms with Gasteiger partial charge < -0.3 is 10.6 Å². The number of carbonyl (C=O) groups is 2. The Morgan fingerprint density at radius 3 is 2.64 bits per heavy atom. The number of carbonyl (C=O) groups excluding carboxylic acids is 2. The van der Waals surface area contributed by atoms with Crippen molar-refractivity contribution >= 4 is 11.8 Å². The Balaban J connectivity index is 2.65. The maximum atomic E-state index is 10.9. The summed E-state index contributed by atoms with van der Waals surface area (Å²) in [5.74, 6) is -0.517. The lowest BCUT2D eigenvalue weighted by atomic mass is 10.2. The van der Waals surface area contributed by atoms with Crippen LogP contribution in [0.2, 0.25) is 0 Å². The van der Waals surface area contributed by atoms with E-state index < -0.39 is 11.9 Å². The summed E-state index contributed by atoms with van der Waals surface area (Å²) < 4.78 is 0. The molecule has 0 aromatic carbocycles. The predicted molar refractivity (Wildman–Crippen MR) is 39.3 cm³/mol. The normalized spacial score (nSPS) is 23.7. The summed E-state index contributed by atoms with van der Waals surface area (Å²) in [4.78, 5) is 23.1. The van der Waals surface area contributed by atoms with Gasteiger partial charge in [0.2, 0.25) is 11.8 Å². The third kappa shape index (κ3) is 1.50. The number of nitrogens with zero attached hydrogens (tertiary/aromatic N) is 1. The minimum absolute atomic E-state index is 0.0949. The average molecular weight is 155 g/mol. The van der Waals surface area contributed by atoms with Crippen LogP contribution in [0.1, 0.15) is 13.3 Å². The van der Waals surface area contributed by atoms with E-state index in [4.69, 9.17) is 5.73 Å².